The predicted molar refractivity (Wildman–Crippen MR) is 98.0 cm³/mol. The fourth-order valence-corrected chi connectivity index (χ4v) is 3.38. The first-order valence-electron chi connectivity index (χ1n) is 8.11. The Kier molecular flexibility index (Phi) is 5.96. The molecule has 1 N–H and O–H groups in total. The maximum atomic E-state index is 12.2. The number of halogens is 2. The van der Waals surface area contributed by atoms with E-state index in [1.54, 1.807) is 18.2 Å². The van der Waals surface area contributed by atoms with Gasteiger partial charge < -0.3 is 9.84 Å². The molecule has 1 aliphatic heterocycles. The van der Waals surface area contributed by atoms with Crippen molar-refractivity contribution in [1.29, 1.82) is 0 Å². The van der Waals surface area contributed by atoms with Crippen LogP contribution in [-0.2, 0) is 11.3 Å². The first kappa shape index (κ1) is 18.2. The van der Waals surface area contributed by atoms with Gasteiger partial charge >= 0.3 is 0 Å². The number of nitrogens with one attached hydrogen (secondary N) is 1. The van der Waals surface area contributed by atoms with Gasteiger partial charge in [-0.15, -0.1) is 0 Å². The van der Waals surface area contributed by atoms with Gasteiger partial charge in [0.15, 0.2) is 0 Å². The summed E-state index contributed by atoms with van der Waals surface area (Å²) in [6.07, 6.45) is 0. The molecule has 1 aromatic carbocycles. The van der Waals surface area contributed by atoms with E-state index >= 15 is 0 Å². The zero-order valence-electron chi connectivity index (χ0n) is 14.0. The molecule has 2 aromatic rings. The Balaban J connectivity index is 1.44. The zero-order valence-corrected chi connectivity index (χ0v) is 15.5. The Morgan fingerprint density at radius 2 is 1.76 bits per heavy atom. The number of nitrogens with zero attached hydrogens (tertiary/aromatic N) is 3. The number of aromatic nitrogens is 1. The van der Waals surface area contributed by atoms with Crippen LogP contribution in [-0.4, -0.2) is 53.6 Å². The molecule has 6 nitrogen and oxygen atoms in total. The SMILES string of the molecule is Cc1cc(CN2CCN(CC(=O)Nc3cc(Cl)cc(Cl)c3)CC2)no1. The third kappa shape index (κ3) is 5.44. The Morgan fingerprint density at radius 3 is 2.36 bits per heavy atom. The van der Waals surface area contributed by atoms with Gasteiger partial charge in [0.05, 0.1) is 12.2 Å². The first-order chi connectivity index (χ1) is 12.0. The minimum Gasteiger partial charge on any atom is -0.361 e. The lowest BCUT2D eigenvalue weighted by atomic mass is 10.2. The minimum atomic E-state index is -0.0705. The number of anilines is 1. The summed E-state index contributed by atoms with van der Waals surface area (Å²) in [5, 5.41) is 7.86. The molecular weight excluding hydrogens is 363 g/mol. The topological polar surface area (TPSA) is 61.6 Å². The summed E-state index contributed by atoms with van der Waals surface area (Å²) < 4.78 is 5.09. The summed E-state index contributed by atoms with van der Waals surface area (Å²) in [5.74, 6) is 0.755. The van der Waals surface area contributed by atoms with Crippen LogP contribution in [0.15, 0.2) is 28.8 Å². The van der Waals surface area contributed by atoms with Gasteiger partial charge in [0.25, 0.3) is 0 Å². The number of benzene rings is 1. The smallest absolute Gasteiger partial charge is 0.238 e. The Bertz CT molecular complexity index is 722. The molecule has 0 aliphatic carbocycles. The molecular formula is C17H20Cl2N4O2. The van der Waals surface area contributed by atoms with Gasteiger partial charge in [-0.2, -0.15) is 0 Å². The van der Waals surface area contributed by atoms with Crippen LogP contribution < -0.4 is 5.32 Å². The zero-order chi connectivity index (χ0) is 17.8. The number of amides is 1. The number of rotatable bonds is 5. The summed E-state index contributed by atoms with van der Waals surface area (Å²) >= 11 is 11.9. The normalized spacial score (nSPS) is 16.1. The van der Waals surface area contributed by atoms with E-state index in [0.29, 0.717) is 22.3 Å². The molecule has 3 rings (SSSR count). The van der Waals surface area contributed by atoms with Crippen molar-refractivity contribution in [3.05, 3.63) is 45.8 Å². The molecule has 25 heavy (non-hydrogen) atoms. The molecule has 0 bridgehead atoms. The molecule has 1 saturated heterocycles. The molecule has 1 aromatic heterocycles. The number of piperazine rings is 1. The molecule has 0 spiro atoms. The minimum absolute atomic E-state index is 0.0705. The van der Waals surface area contributed by atoms with Crippen LogP contribution in [0.4, 0.5) is 5.69 Å². The van der Waals surface area contributed by atoms with E-state index in [0.717, 1.165) is 44.2 Å². The van der Waals surface area contributed by atoms with Gasteiger partial charge in [-0.05, 0) is 25.1 Å². The number of hydrogen-bond donors (Lipinski definition) is 1. The predicted octanol–water partition coefficient (Wildman–Crippen LogP) is 3.05. The molecule has 1 fully saturated rings. The molecule has 0 saturated carbocycles. The van der Waals surface area contributed by atoms with Gasteiger partial charge in [0.2, 0.25) is 5.91 Å². The molecule has 8 heteroatoms. The number of aryl methyl sites for hydroxylation is 1. The molecule has 0 atom stereocenters. The van der Waals surface area contributed by atoms with Gasteiger partial charge in [-0.1, -0.05) is 28.4 Å². The third-order valence-electron chi connectivity index (χ3n) is 4.04. The highest BCUT2D eigenvalue weighted by molar-refractivity contribution is 6.35. The summed E-state index contributed by atoms with van der Waals surface area (Å²) in [7, 11) is 0. The van der Waals surface area contributed by atoms with E-state index in [9.17, 15) is 4.79 Å². The monoisotopic (exact) mass is 382 g/mol. The quantitative estimate of drug-likeness (QED) is 0.860. The van der Waals surface area contributed by atoms with Crippen LogP contribution in [0.1, 0.15) is 11.5 Å². The van der Waals surface area contributed by atoms with E-state index in [1.165, 1.54) is 0 Å². The van der Waals surface area contributed by atoms with Crippen LogP contribution in [0.3, 0.4) is 0 Å². The largest absolute Gasteiger partial charge is 0.361 e. The summed E-state index contributed by atoms with van der Waals surface area (Å²) in [6, 6.07) is 6.96. The van der Waals surface area contributed by atoms with Crippen LogP contribution in [0.2, 0.25) is 10.0 Å². The highest BCUT2D eigenvalue weighted by Crippen LogP contribution is 2.22. The lowest BCUT2D eigenvalue weighted by Gasteiger charge is -2.33. The lowest BCUT2D eigenvalue weighted by molar-refractivity contribution is -0.117. The summed E-state index contributed by atoms with van der Waals surface area (Å²) in [4.78, 5) is 16.6. The molecule has 134 valence electrons. The number of hydrogen-bond acceptors (Lipinski definition) is 5. The van der Waals surface area contributed by atoms with E-state index in [2.05, 4.69) is 20.3 Å². The summed E-state index contributed by atoms with van der Waals surface area (Å²) in [6.45, 7) is 6.46. The van der Waals surface area contributed by atoms with E-state index in [1.807, 2.05) is 13.0 Å². The van der Waals surface area contributed by atoms with Crippen molar-refractivity contribution in [2.24, 2.45) is 0 Å². The fraction of sp³-hybridized carbons (Fsp3) is 0.412. The van der Waals surface area contributed by atoms with Crippen LogP contribution in [0.5, 0.6) is 0 Å². The average Bonchev–Trinajstić information content (AvgIpc) is 2.93. The van der Waals surface area contributed by atoms with Crippen LogP contribution in [0, 0.1) is 6.92 Å². The van der Waals surface area contributed by atoms with Crippen molar-refractivity contribution in [3.8, 4) is 0 Å². The Labute approximate surface area is 156 Å². The van der Waals surface area contributed by atoms with Crippen LogP contribution >= 0.6 is 23.2 Å². The summed E-state index contributed by atoms with van der Waals surface area (Å²) in [5.41, 5.74) is 1.56. The standard InChI is InChI=1S/C17H20Cl2N4O2/c1-12-6-16(21-25-12)10-22-2-4-23(5-3-22)11-17(24)20-15-8-13(18)7-14(19)9-15/h6-9H,2-5,10-11H2,1H3,(H,20,24). The van der Waals surface area contributed by atoms with Crippen molar-refractivity contribution in [2.45, 2.75) is 13.5 Å². The molecule has 2 heterocycles. The molecule has 1 amide bonds. The van der Waals surface area contributed by atoms with E-state index < -0.39 is 0 Å². The second-order valence-electron chi connectivity index (χ2n) is 6.19. The van der Waals surface area contributed by atoms with Gasteiger partial charge in [0, 0.05) is 54.5 Å². The second kappa shape index (κ2) is 8.19. The lowest BCUT2D eigenvalue weighted by Crippen LogP contribution is -2.48. The van der Waals surface area contributed by atoms with Gasteiger partial charge in [-0.25, -0.2) is 0 Å². The van der Waals surface area contributed by atoms with Gasteiger partial charge in [-0.3, -0.25) is 14.6 Å². The van der Waals surface area contributed by atoms with Crippen molar-refractivity contribution in [2.75, 3.05) is 38.0 Å². The van der Waals surface area contributed by atoms with Crippen molar-refractivity contribution >= 4 is 34.8 Å². The highest BCUT2D eigenvalue weighted by Gasteiger charge is 2.20. The van der Waals surface area contributed by atoms with Crippen LogP contribution in [0.25, 0.3) is 0 Å². The molecule has 1 aliphatic rings. The van der Waals surface area contributed by atoms with Crippen molar-refractivity contribution < 1.29 is 9.32 Å². The Morgan fingerprint density at radius 1 is 1.12 bits per heavy atom. The maximum Gasteiger partial charge on any atom is 0.238 e. The maximum absolute atomic E-state index is 12.2. The second-order valence-corrected chi connectivity index (χ2v) is 7.06. The molecule has 0 unspecified atom stereocenters. The average molecular weight is 383 g/mol. The third-order valence-corrected chi connectivity index (χ3v) is 4.48. The number of carbonyl (C=O) groups excluding carboxylic acids is 1. The van der Waals surface area contributed by atoms with E-state index in [-0.39, 0.29) is 5.91 Å². The highest BCUT2D eigenvalue weighted by atomic mass is 35.5. The van der Waals surface area contributed by atoms with Crippen molar-refractivity contribution in [1.82, 2.24) is 15.0 Å². The van der Waals surface area contributed by atoms with Crippen molar-refractivity contribution in [3.63, 3.8) is 0 Å². The van der Waals surface area contributed by atoms with Gasteiger partial charge in [0.1, 0.15) is 5.76 Å². The first-order valence-corrected chi connectivity index (χ1v) is 8.86. The van der Waals surface area contributed by atoms with E-state index in [4.69, 9.17) is 27.7 Å². The fourth-order valence-electron chi connectivity index (χ4n) is 2.86. The Hall–Kier alpha value is -1.60. The molecule has 0 radical (unpaired) electrons. The number of carbonyl (C=O) groups is 1.